The Balaban J connectivity index is 1.69. The number of hydrogen-bond acceptors (Lipinski definition) is 3. The molecule has 0 radical (unpaired) electrons. The number of nitrogens with one attached hydrogen (secondary N) is 2. The second kappa shape index (κ2) is 7.99. The molecule has 3 rings (SSSR count). The molecule has 1 heterocycles. The van der Waals surface area contributed by atoms with E-state index in [2.05, 4.69) is 10.6 Å². The van der Waals surface area contributed by atoms with Gasteiger partial charge in [-0.2, -0.15) is 17.5 Å². The molecule has 0 aliphatic carbocycles. The van der Waals surface area contributed by atoms with Crippen molar-refractivity contribution < 1.29 is 30.8 Å². The van der Waals surface area contributed by atoms with E-state index >= 15 is 0 Å². The average Bonchev–Trinajstić information content (AvgIpc) is 3.10. The smallest absolute Gasteiger partial charge is 0.321 e. The van der Waals surface area contributed by atoms with E-state index in [9.17, 15) is 30.8 Å². The maximum absolute atomic E-state index is 13.9. The normalized spacial score (nSPS) is 17.9. The number of carbonyl (C=O) groups excluding carboxylic acids is 1. The molecule has 0 saturated carbocycles. The molecular weight excluding hydrogens is 414 g/mol. The number of alkyl halides is 3. The third-order valence-corrected chi connectivity index (χ3v) is 6.34. The van der Waals surface area contributed by atoms with Gasteiger partial charge in [0.15, 0.2) is 0 Å². The van der Waals surface area contributed by atoms with E-state index in [1.165, 1.54) is 12.1 Å². The molecule has 1 saturated heterocycles. The van der Waals surface area contributed by atoms with Crippen LogP contribution in [0.4, 0.5) is 28.0 Å². The highest BCUT2D eigenvalue weighted by atomic mass is 32.2. The molecule has 2 aromatic carbocycles. The van der Waals surface area contributed by atoms with Gasteiger partial charge in [0.2, 0.25) is 10.0 Å². The van der Waals surface area contributed by atoms with E-state index in [1.54, 1.807) is 0 Å². The number of nitrogens with zero attached hydrogens (tertiary/aromatic N) is 1. The number of benzene rings is 2. The molecule has 0 spiro atoms. The first kappa shape index (κ1) is 21.1. The molecule has 2 N–H and O–H groups in total. The lowest BCUT2D eigenvalue weighted by molar-refractivity contribution is -0.137. The highest BCUT2D eigenvalue weighted by Crippen LogP contribution is 2.30. The van der Waals surface area contributed by atoms with E-state index in [0.717, 1.165) is 40.7 Å². The van der Waals surface area contributed by atoms with Crippen LogP contribution in [0.15, 0.2) is 53.4 Å². The molecule has 6 nitrogen and oxygen atoms in total. The van der Waals surface area contributed by atoms with Crippen LogP contribution < -0.4 is 10.6 Å². The van der Waals surface area contributed by atoms with Crippen LogP contribution in [0, 0.1) is 5.82 Å². The first-order valence-corrected chi connectivity index (χ1v) is 10.0. The summed E-state index contributed by atoms with van der Waals surface area (Å²) in [4.78, 5) is 11.7. The summed E-state index contributed by atoms with van der Waals surface area (Å²) in [6, 6.07) is 7.96. The van der Waals surface area contributed by atoms with Crippen LogP contribution in [0.2, 0.25) is 0 Å². The second-order valence-corrected chi connectivity index (χ2v) is 8.24. The first-order valence-electron chi connectivity index (χ1n) is 8.60. The van der Waals surface area contributed by atoms with Crippen molar-refractivity contribution >= 4 is 21.7 Å². The minimum Gasteiger partial charge on any atom is -0.321 e. The van der Waals surface area contributed by atoms with Crippen molar-refractivity contribution in [2.24, 2.45) is 0 Å². The van der Waals surface area contributed by atoms with Crippen LogP contribution in [-0.4, -0.2) is 31.5 Å². The number of rotatable bonds is 4. The Morgan fingerprint density at radius 1 is 1.07 bits per heavy atom. The molecule has 1 aliphatic heterocycles. The molecule has 0 aromatic heterocycles. The fourth-order valence-electron chi connectivity index (χ4n) is 3.01. The summed E-state index contributed by atoms with van der Waals surface area (Å²) in [5.41, 5.74) is -0.751. The minimum atomic E-state index is -4.49. The van der Waals surface area contributed by atoms with Crippen molar-refractivity contribution in [3.05, 3.63) is 59.9 Å². The molecule has 1 aliphatic rings. The molecular formula is C18H17F4N3O3S. The summed E-state index contributed by atoms with van der Waals surface area (Å²) in [6.45, 7) is 0.0991. The van der Waals surface area contributed by atoms with Gasteiger partial charge in [-0.3, -0.25) is 0 Å². The Hall–Kier alpha value is -2.66. The highest BCUT2D eigenvalue weighted by Gasteiger charge is 2.37. The van der Waals surface area contributed by atoms with E-state index < -0.39 is 44.7 Å². The number of sulfonamides is 1. The Labute approximate surface area is 164 Å². The van der Waals surface area contributed by atoms with E-state index in [0.29, 0.717) is 12.8 Å². The molecule has 2 aromatic rings. The van der Waals surface area contributed by atoms with Gasteiger partial charge in [0.1, 0.15) is 10.7 Å². The fourth-order valence-corrected chi connectivity index (χ4v) is 4.69. The van der Waals surface area contributed by atoms with Crippen molar-refractivity contribution in [1.82, 2.24) is 9.62 Å². The standard InChI is InChI=1S/C18H17F4N3O3S/c19-14-4-1-2-5-15(14)29(27,28)25-11-3-6-16(25)24-17(26)23-13-9-7-12(8-10-13)18(20,21)22/h1-2,4-5,7-10,16H,3,6,11H2,(H2,23,24,26). The maximum atomic E-state index is 13.9. The summed E-state index contributed by atoms with van der Waals surface area (Å²) >= 11 is 0. The second-order valence-electron chi connectivity index (χ2n) is 6.38. The maximum Gasteiger partial charge on any atom is 0.416 e. The topological polar surface area (TPSA) is 78.5 Å². The number of anilines is 1. The predicted molar refractivity (Wildman–Crippen MR) is 96.9 cm³/mol. The summed E-state index contributed by atoms with van der Waals surface area (Å²) in [7, 11) is -4.17. The molecule has 1 unspecified atom stereocenters. The minimum absolute atomic E-state index is 0.0991. The molecule has 1 fully saturated rings. The lowest BCUT2D eigenvalue weighted by atomic mass is 10.2. The summed E-state index contributed by atoms with van der Waals surface area (Å²) in [5, 5.41) is 4.83. The van der Waals surface area contributed by atoms with Gasteiger partial charge in [0.05, 0.1) is 11.7 Å². The van der Waals surface area contributed by atoms with Gasteiger partial charge in [-0.15, -0.1) is 0 Å². The van der Waals surface area contributed by atoms with Crippen LogP contribution in [0.25, 0.3) is 0 Å². The van der Waals surface area contributed by atoms with Gasteiger partial charge in [-0.05, 0) is 49.2 Å². The zero-order chi connectivity index (χ0) is 21.2. The quantitative estimate of drug-likeness (QED) is 0.724. The predicted octanol–water partition coefficient (Wildman–Crippen LogP) is 3.78. The Morgan fingerprint density at radius 2 is 1.72 bits per heavy atom. The molecule has 11 heteroatoms. The van der Waals surface area contributed by atoms with Crippen LogP contribution in [0.1, 0.15) is 18.4 Å². The average molecular weight is 431 g/mol. The fraction of sp³-hybridized carbons (Fsp3) is 0.278. The molecule has 156 valence electrons. The first-order chi connectivity index (χ1) is 13.6. The van der Waals surface area contributed by atoms with Gasteiger partial charge in [0.25, 0.3) is 0 Å². The van der Waals surface area contributed by atoms with E-state index in [-0.39, 0.29) is 12.2 Å². The zero-order valence-electron chi connectivity index (χ0n) is 14.9. The molecule has 2 amide bonds. The summed E-state index contributed by atoms with van der Waals surface area (Å²) < 4.78 is 78.2. The lowest BCUT2D eigenvalue weighted by Gasteiger charge is -2.25. The molecule has 29 heavy (non-hydrogen) atoms. The number of halogens is 4. The Morgan fingerprint density at radius 3 is 2.34 bits per heavy atom. The van der Waals surface area contributed by atoms with Crippen molar-refractivity contribution in [3.8, 4) is 0 Å². The van der Waals surface area contributed by atoms with Crippen molar-refractivity contribution in [2.45, 2.75) is 30.1 Å². The van der Waals surface area contributed by atoms with Gasteiger partial charge in [0, 0.05) is 12.2 Å². The molecule has 0 bridgehead atoms. The van der Waals surface area contributed by atoms with Gasteiger partial charge in [-0.25, -0.2) is 17.6 Å². The van der Waals surface area contributed by atoms with Gasteiger partial charge < -0.3 is 10.6 Å². The lowest BCUT2D eigenvalue weighted by Crippen LogP contribution is -2.48. The van der Waals surface area contributed by atoms with Crippen molar-refractivity contribution in [3.63, 3.8) is 0 Å². The molecule has 1 atom stereocenters. The zero-order valence-corrected chi connectivity index (χ0v) is 15.7. The van der Waals surface area contributed by atoms with E-state index in [4.69, 9.17) is 0 Å². The van der Waals surface area contributed by atoms with Gasteiger partial charge in [-0.1, -0.05) is 12.1 Å². The van der Waals surface area contributed by atoms with Crippen LogP contribution >= 0.6 is 0 Å². The van der Waals surface area contributed by atoms with Crippen LogP contribution in [-0.2, 0) is 16.2 Å². The van der Waals surface area contributed by atoms with E-state index in [1.807, 2.05) is 0 Å². The third-order valence-electron chi connectivity index (χ3n) is 4.39. The van der Waals surface area contributed by atoms with Crippen LogP contribution in [0.3, 0.4) is 0 Å². The van der Waals surface area contributed by atoms with Crippen molar-refractivity contribution in [2.75, 3.05) is 11.9 Å². The third kappa shape index (κ3) is 4.67. The summed E-state index contributed by atoms with van der Waals surface area (Å²) in [5.74, 6) is -0.896. The summed E-state index contributed by atoms with van der Waals surface area (Å²) in [6.07, 6.45) is -4.63. The monoisotopic (exact) mass is 431 g/mol. The SMILES string of the molecule is O=C(Nc1ccc(C(F)(F)F)cc1)NC1CCCN1S(=O)(=O)c1ccccc1F. The highest BCUT2D eigenvalue weighted by molar-refractivity contribution is 7.89. The van der Waals surface area contributed by atoms with Crippen molar-refractivity contribution in [1.29, 1.82) is 0 Å². The Kier molecular flexibility index (Phi) is 5.80. The van der Waals surface area contributed by atoms with Crippen LogP contribution in [0.5, 0.6) is 0 Å². The largest absolute Gasteiger partial charge is 0.416 e. The van der Waals surface area contributed by atoms with Gasteiger partial charge >= 0.3 is 12.2 Å². The Bertz CT molecular complexity index is 994. The number of amides is 2. The number of carbonyl (C=O) groups is 1. The number of hydrogen-bond donors (Lipinski definition) is 2. The number of urea groups is 1.